The third kappa shape index (κ3) is 2.07. The summed E-state index contributed by atoms with van der Waals surface area (Å²) in [5.74, 6) is 1.53. The molecule has 0 heterocycles. The van der Waals surface area contributed by atoms with Crippen LogP contribution in [0.2, 0.25) is 0 Å². The van der Waals surface area contributed by atoms with Gasteiger partial charge in [-0.1, -0.05) is 6.07 Å². The van der Waals surface area contributed by atoms with E-state index in [2.05, 4.69) is 5.32 Å². The smallest absolute Gasteiger partial charge is 0.217 e. The molecule has 1 aliphatic carbocycles. The first kappa shape index (κ1) is 11.8. The number of carbonyl (C=O) groups excluding carboxylic acids is 1. The number of methoxy groups -OCH3 is 2. The maximum absolute atomic E-state index is 11.1. The van der Waals surface area contributed by atoms with Gasteiger partial charge < -0.3 is 14.8 Å². The number of nitrogens with one attached hydrogen (secondary N) is 1. The number of benzene rings is 1. The molecule has 1 N–H and O–H groups in total. The van der Waals surface area contributed by atoms with Crippen LogP contribution in [0.3, 0.4) is 0 Å². The molecule has 0 spiro atoms. The summed E-state index contributed by atoms with van der Waals surface area (Å²) in [6.45, 7) is 1.54. The Labute approximate surface area is 101 Å². The van der Waals surface area contributed by atoms with Crippen LogP contribution in [0, 0.1) is 0 Å². The maximum Gasteiger partial charge on any atom is 0.217 e. The molecule has 0 saturated carbocycles. The molecule has 1 aromatic carbocycles. The van der Waals surface area contributed by atoms with Gasteiger partial charge in [0.05, 0.1) is 20.3 Å². The lowest BCUT2D eigenvalue weighted by Gasteiger charge is -2.15. The van der Waals surface area contributed by atoms with Crippen LogP contribution in [0.15, 0.2) is 12.1 Å². The van der Waals surface area contributed by atoms with Gasteiger partial charge in [-0.3, -0.25) is 4.79 Å². The van der Waals surface area contributed by atoms with Crippen molar-refractivity contribution in [2.75, 3.05) is 14.2 Å². The molecule has 0 unspecified atom stereocenters. The Morgan fingerprint density at radius 3 is 2.71 bits per heavy atom. The van der Waals surface area contributed by atoms with Gasteiger partial charge in [0.15, 0.2) is 11.5 Å². The molecule has 1 atom stereocenters. The zero-order valence-corrected chi connectivity index (χ0v) is 10.4. The van der Waals surface area contributed by atoms with Crippen LogP contribution < -0.4 is 14.8 Å². The van der Waals surface area contributed by atoms with Crippen molar-refractivity contribution in [1.29, 1.82) is 0 Å². The van der Waals surface area contributed by atoms with E-state index in [1.807, 2.05) is 12.1 Å². The lowest BCUT2D eigenvalue weighted by atomic mass is 10.1. The monoisotopic (exact) mass is 235 g/mol. The van der Waals surface area contributed by atoms with Crippen molar-refractivity contribution < 1.29 is 14.3 Å². The van der Waals surface area contributed by atoms with E-state index < -0.39 is 0 Å². The molecule has 0 fully saturated rings. The second kappa shape index (κ2) is 4.65. The lowest BCUT2D eigenvalue weighted by molar-refractivity contribution is -0.119. The van der Waals surface area contributed by atoms with Crippen LogP contribution in [0.4, 0.5) is 0 Å². The van der Waals surface area contributed by atoms with E-state index in [9.17, 15) is 4.79 Å². The Balaban J connectivity index is 2.38. The summed E-state index contributed by atoms with van der Waals surface area (Å²) < 4.78 is 10.7. The summed E-state index contributed by atoms with van der Waals surface area (Å²) in [5.41, 5.74) is 2.28. The first-order chi connectivity index (χ1) is 8.17. The van der Waals surface area contributed by atoms with Crippen molar-refractivity contribution >= 4 is 5.91 Å². The Hall–Kier alpha value is -1.71. The number of amides is 1. The van der Waals surface area contributed by atoms with Crippen molar-refractivity contribution in [2.45, 2.75) is 25.8 Å². The third-order valence-electron chi connectivity index (χ3n) is 3.12. The van der Waals surface area contributed by atoms with Crippen molar-refractivity contribution in [2.24, 2.45) is 0 Å². The summed E-state index contributed by atoms with van der Waals surface area (Å²) >= 11 is 0. The maximum atomic E-state index is 11.1. The second-order valence-corrected chi connectivity index (χ2v) is 4.16. The van der Waals surface area contributed by atoms with Crippen molar-refractivity contribution in [3.05, 3.63) is 23.3 Å². The molecule has 1 aromatic rings. The molecule has 0 bridgehead atoms. The number of fused-ring (bicyclic) bond motifs is 1. The van der Waals surface area contributed by atoms with Gasteiger partial charge in [0.1, 0.15) is 0 Å². The van der Waals surface area contributed by atoms with Crippen LogP contribution in [-0.4, -0.2) is 20.1 Å². The highest BCUT2D eigenvalue weighted by atomic mass is 16.5. The van der Waals surface area contributed by atoms with E-state index in [-0.39, 0.29) is 11.9 Å². The first-order valence-electron chi connectivity index (χ1n) is 5.68. The van der Waals surface area contributed by atoms with Crippen molar-refractivity contribution in [1.82, 2.24) is 5.32 Å². The van der Waals surface area contributed by atoms with E-state index in [4.69, 9.17) is 9.47 Å². The molecule has 0 aromatic heterocycles. The zero-order valence-electron chi connectivity index (χ0n) is 10.4. The summed E-state index contributed by atoms with van der Waals surface area (Å²) in [5, 5.41) is 2.95. The molecule has 17 heavy (non-hydrogen) atoms. The number of hydrogen-bond donors (Lipinski definition) is 1. The predicted octanol–water partition coefficient (Wildman–Crippen LogP) is 1.83. The highest BCUT2D eigenvalue weighted by Gasteiger charge is 2.27. The predicted molar refractivity (Wildman–Crippen MR) is 64.4 cm³/mol. The molecule has 0 saturated heterocycles. The fraction of sp³-hybridized carbons (Fsp3) is 0.462. The van der Waals surface area contributed by atoms with Crippen LogP contribution in [-0.2, 0) is 11.2 Å². The van der Waals surface area contributed by atoms with Gasteiger partial charge in [-0.05, 0) is 24.5 Å². The summed E-state index contributed by atoms with van der Waals surface area (Å²) in [6.07, 6.45) is 1.82. The molecule has 0 aliphatic heterocycles. The molecule has 0 radical (unpaired) electrons. The van der Waals surface area contributed by atoms with Crippen LogP contribution in [0.25, 0.3) is 0 Å². The summed E-state index contributed by atoms with van der Waals surface area (Å²) in [7, 11) is 3.27. The largest absolute Gasteiger partial charge is 0.493 e. The van der Waals surface area contributed by atoms with Crippen molar-refractivity contribution in [3.8, 4) is 11.5 Å². The van der Waals surface area contributed by atoms with Gasteiger partial charge in [-0.2, -0.15) is 0 Å². The molecule has 4 heteroatoms. The minimum Gasteiger partial charge on any atom is -0.493 e. The SMILES string of the molecule is COc1ccc2c(c1OC)CC[C@H]2NC(C)=O. The minimum atomic E-state index is -0.00219. The standard InChI is InChI=1S/C13H17NO3/c1-8(15)14-11-6-4-10-9(11)5-7-12(16-2)13(10)17-3/h5,7,11H,4,6H2,1-3H3,(H,14,15)/t11-/m1/s1. The molecular formula is C13H17NO3. The number of ether oxygens (including phenoxy) is 2. The van der Waals surface area contributed by atoms with Crippen LogP contribution in [0.5, 0.6) is 11.5 Å². The molecule has 1 amide bonds. The zero-order chi connectivity index (χ0) is 12.4. The highest BCUT2D eigenvalue weighted by molar-refractivity contribution is 5.74. The summed E-state index contributed by atoms with van der Waals surface area (Å²) in [6, 6.07) is 3.99. The average molecular weight is 235 g/mol. The van der Waals surface area contributed by atoms with Gasteiger partial charge >= 0.3 is 0 Å². The Morgan fingerprint density at radius 2 is 2.12 bits per heavy atom. The van der Waals surface area contributed by atoms with Crippen LogP contribution in [0.1, 0.15) is 30.5 Å². The Kier molecular flexibility index (Phi) is 3.22. The van der Waals surface area contributed by atoms with Gasteiger partial charge in [-0.25, -0.2) is 0 Å². The van der Waals surface area contributed by atoms with Crippen molar-refractivity contribution in [3.63, 3.8) is 0 Å². The topological polar surface area (TPSA) is 47.6 Å². The average Bonchev–Trinajstić information content (AvgIpc) is 2.70. The molecule has 2 rings (SSSR count). The quantitative estimate of drug-likeness (QED) is 0.869. The molecule has 4 nitrogen and oxygen atoms in total. The van der Waals surface area contributed by atoms with E-state index in [0.29, 0.717) is 0 Å². The number of hydrogen-bond acceptors (Lipinski definition) is 3. The number of rotatable bonds is 3. The highest BCUT2D eigenvalue weighted by Crippen LogP contribution is 2.42. The normalized spacial score (nSPS) is 17.5. The Morgan fingerprint density at radius 1 is 1.35 bits per heavy atom. The van der Waals surface area contributed by atoms with Gasteiger partial charge in [0.2, 0.25) is 5.91 Å². The third-order valence-corrected chi connectivity index (χ3v) is 3.12. The molecule has 92 valence electrons. The first-order valence-corrected chi connectivity index (χ1v) is 5.68. The van der Waals surface area contributed by atoms with E-state index in [0.717, 1.165) is 35.5 Å². The van der Waals surface area contributed by atoms with Gasteiger partial charge in [0.25, 0.3) is 0 Å². The minimum absolute atomic E-state index is 0.00219. The van der Waals surface area contributed by atoms with E-state index in [1.54, 1.807) is 21.1 Å². The fourth-order valence-electron chi connectivity index (χ4n) is 2.43. The lowest BCUT2D eigenvalue weighted by Crippen LogP contribution is -2.24. The van der Waals surface area contributed by atoms with Crippen LogP contribution >= 0.6 is 0 Å². The van der Waals surface area contributed by atoms with E-state index >= 15 is 0 Å². The fourth-order valence-corrected chi connectivity index (χ4v) is 2.43. The molecular weight excluding hydrogens is 218 g/mol. The Bertz CT molecular complexity index is 443. The van der Waals surface area contributed by atoms with Gasteiger partial charge in [-0.15, -0.1) is 0 Å². The summed E-state index contributed by atoms with van der Waals surface area (Å²) in [4.78, 5) is 11.1. The van der Waals surface area contributed by atoms with E-state index in [1.165, 1.54) is 0 Å². The number of carbonyl (C=O) groups is 1. The van der Waals surface area contributed by atoms with Gasteiger partial charge in [0, 0.05) is 12.5 Å². The second-order valence-electron chi connectivity index (χ2n) is 4.16. The molecule has 1 aliphatic rings.